The maximum absolute atomic E-state index is 10.5. The van der Waals surface area contributed by atoms with Gasteiger partial charge in [0.05, 0.1) is 0 Å². The summed E-state index contributed by atoms with van der Waals surface area (Å²) in [5.74, 6) is 1.38. The smallest absolute Gasteiger partial charge is 0.185 e. The Morgan fingerprint density at radius 1 is 1.00 bits per heavy atom. The average molecular weight is 247 g/mol. The molecule has 0 atom stereocenters. The molecule has 0 bridgehead atoms. The van der Waals surface area contributed by atoms with Gasteiger partial charge in [0.2, 0.25) is 0 Å². The molecular weight excluding hydrogens is 240 g/mol. The summed E-state index contributed by atoms with van der Waals surface area (Å²) in [6, 6.07) is 10.5. The molecule has 0 spiro atoms. The van der Waals surface area contributed by atoms with Gasteiger partial charge >= 0.3 is 0 Å². The van der Waals surface area contributed by atoms with Crippen LogP contribution in [-0.2, 0) is 0 Å². The molecule has 84 valence electrons. The fraction of sp³-hybridized carbons (Fsp3) is 0. The van der Waals surface area contributed by atoms with Crippen LogP contribution in [0.25, 0.3) is 22.5 Å². The molecule has 0 amide bonds. The molecule has 17 heavy (non-hydrogen) atoms. The van der Waals surface area contributed by atoms with Crippen molar-refractivity contribution in [3.05, 3.63) is 47.2 Å². The van der Waals surface area contributed by atoms with Crippen LogP contribution in [0.1, 0.15) is 10.6 Å². The van der Waals surface area contributed by atoms with Crippen molar-refractivity contribution >= 4 is 28.9 Å². The van der Waals surface area contributed by atoms with E-state index in [-0.39, 0.29) is 5.76 Å². The second-order valence-corrected chi connectivity index (χ2v) is 4.05. The van der Waals surface area contributed by atoms with E-state index in [1.165, 1.54) is 0 Å². The van der Waals surface area contributed by atoms with Crippen LogP contribution >= 0.6 is 11.6 Å². The number of benzene rings is 1. The van der Waals surface area contributed by atoms with Crippen molar-refractivity contribution in [1.82, 2.24) is 0 Å². The summed E-state index contributed by atoms with van der Waals surface area (Å²) in [5, 5.41) is 1.55. The summed E-state index contributed by atoms with van der Waals surface area (Å²) in [7, 11) is 0. The number of carbonyl (C=O) groups excluding carboxylic acids is 1. The van der Waals surface area contributed by atoms with Crippen LogP contribution in [0.2, 0.25) is 5.02 Å². The summed E-state index contributed by atoms with van der Waals surface area (Å²) in [4.78, 5) is 10.5. The molecule has 4 heteroatoms. The maximum Gasteiger partial charge on any atom is 0.185 e. The summed E-state index contributed by atoms with van der Waals surface area (Å²) < 4.78 is 10.9. The van der Waals surface area contributed by atoms with Crippen LogP contribution in [0.15, 0.2) is 45.2 Å². The highest BCUT2D eigenvalue weighted by molar-refractivity contribution is 6.31. The lowest BCUT2D eigenvalue weighted by atomic mass is 10.2. The number of rotatable bonds is 2. The zero-order chi connectivity index (χ0) is 11.8. The van der Waals surface area contributed by atoms with Gasteiger partial charge in [-0.05, 0) is 36.4 Å². The van der Waals surface area contributed by atoms with Gasteiger partial charge in [0.1, 0.15) is 5.58 Å². The van der Waals surface area contributed by atoms with Gasteiger partial charge in [0, 0.05) is 10.4 Å². The minimum Gasteiger partial charge on any atom is -0.453 e. The van der Waals surface area contributed by atoms with E-state index in [1.807, 2.05) is 12.1 Å². The van der Waals surface area contributed by atoms with E-state index in [9.17, 15) is 4.79 Å². The van der Waals surface area contributed by atoms with Crippen LogP contribution in [0.5, 0.6) is 0 Å². The summed E-state index contributed by atoms with van der Waals surface area (Å²) in [5.41, 5.74) is 0.730. The normalized spacial score (nSPS) is 10.9. The van der Waals surface area contributed by atoms with Crippen LogP contribution in [-0.4, -0.2) is 6.29 Å². The molecular formula is C13H7ClO3. The Kier molecular flexibility index (Phi) is 2.27. The highest BCUT2D eigenvalue weighted by Crippen LogP contribution is 2.30. The molecule has 0 unspecified atom stereocenters. The summed E-state index contributed by atoms with van der Waals surface area (Å²) in [6.07, 6.45) is 0.656. The van der Waals surface area contributed by atoms with Gasteiger partial charge in [-0.15, -0.1) is 0 Å². The minimum atomic E-state index is 0.276. The molecule has 0 aliphatic carbocycles. The average Bonchev–Trinajstić information content (AvgIpc) is 2.93. The van der Waals surface area contributed by atoms with Crippen molar-refractivity contribution in [2.75, 3.05) is 0 Å². The Labute approximate surface area is 102 Å². The van der Waals surface area contributed by atoms with E-state index >= 15 is 0 Å². The lowest BCUT2D eigenvalue weighted by Crippen LogP contribution is -1.68. The summed E-state index contributed by atoms with van der Waals surface area (Å²) in [6.45, 7) is 0. The third-order valence-corrected chi connectivity index (χ3v) is 2.70. The molecule has 2 heterocycles. The molecule has 3 rings (SSSR count). The highest BCUT2D eigenvalue weighted by Gasteiger charge is 2.10. The lowest BCUT2D eigenvalue weighted by Gasteiger charge is -1.88. The predicted octanol–water partition coefficient (Wildman–Crippen LogP) is 4.16. The highest BCUT2D eigenvalue weighted by atomic mass is 35.5. The monoisotopic (exact) mass is 246 g/mol. The number of carbonyl (C=O) groups is 1. The third-order valence-electron chi connectivity index (χ3n) is 2.46. The predicted molar refractivity (Wildman–Crippen MR) is 64.3 cm³/mol. The van der Waals surface area contributed by atoms with E-state index in [1.54, 1.807) is 24.3 Å². The van der Waals surface area contributed by atoms with Crippen molar-refractivity contribution in [3.8, 4) is 11.5 Å². The molecule has 0 fully saturated rings. The zero-order valence-corrected chi connectivity index (χ0v) is 9.40. The number of hydrogen-bond acceptors (Lipinski definition) is 3. The van der Waals surface area contributed by atoms with Crippen molar-refractivity contribution in [1.29, 1.82) is 0 Å². The molecule has 0 saturated carbocycles. The van der Waals surface area contributed by atoms with Crippen LogP contribution < -0.4 is 0 Å². The molecule has 0 saturated heterocycles. The molecule has 1 aromatic carbocycles. The number of halogens is 1. The fourth-order valence-corrected chi connectivity index (χ4v) is 1.86. The van der Waals surface area contributed by atoms with Crippen molar-refractivity contribution in [3.63, 3.8) is 0 Å². The largest absolute Gasteiger partial charge is 0.453 e. The van der Waals surface area contributed by atoms with Gasteiger partial charge < -0.3 is 8.83 Å². The molecule has 3 nitrogen and oxygen atoms in total. The number of furan rings is 2. The minimum absolute atomic E-state index is 0.276. The van der Waals surface area contributed by atoms with Crippen LogP contribution in [0.3, 0.4) is 0 Å². The first kappa shape index (κ1) is 10.2. The van der Waals surface area contributed by atoms with E-state index < -0.39 is 0 Å². The number of aldehydes is 1. The molecule has 0 radical (unpaired) electrons. The molecule has 0 N–H and O–H groups in total. The Morgan fingerprint density at radius 2 is 1.88 bits per heavy atom. The number of hydrogen-bond donors (Lipinski definition) is 0. The first-order valence-electron chi connectivity index (χ1n) is 5.01. The van der Waals surface area contributed by atoms with Gasteiger partial charge in [-0.1, -0.05) is 11.6 Å². The Morgan fingerprint density at radius 3 is 2.65 bits per heavy atom. The van der Waals surface area contributed by atoms with Gasteiger partial charge in [-0.25, -0.2) is 0 Å². The molecule has 2 aromatic heterocycles. The van der Waals surface area contributed by atoms with Crippen molar-refractivity contribution in [2.45, 2.75) is 0 Å². The number of fused-ring (bicyclic) bond motifs is 1. The van der Waals surface area contributed by atoms with Crippen molar-refractivity contribution < 1.29 is 13.6 Å². The first-order valence-corrected chi connectivity index (χ1v) is 5.38. The lowest BCUT2D eigenvalue weighted by molar-refractivity contribution is 0.110. The van der Waals surface area contributed by atoms with Gasteiger partial charge in [-0.2, -0.15) is 0 Å². The topological polar surface area (TPSA) is 43.4 Å². The van der Waals surface area contributed by atoms with Gasteiger partial charge in [0.15, 0.2) is 23.6 Å². The SMILES string of the molecule is O=Cc1ccc(-c2cc3cc(Cl)ccc3o2)o1. The molecule has 3 aromatic rings. The maximum atomic E-state index is 10.5. The van der Waals surface area contributed by atoms with Crippen molar-refractivity contribution in [2.24, 2.45) is 0 Å². The molecule has 0 aliphatic rings. The zero-order valence-electron chi connectivity index (χ0n) is 8.64. The van der Waals surface area contributed by atoms with E-state index in [4.69, 9.17) is 20.4 Å². The van der Waals surface area contributed by atoms with E-state index in [0.717, 1.165) is 11.0 Å². The Bertz CT molecular complexity index is 694. The van der Waals surface area contributed by atoms with Gasteiger partial charge in [-0.3, -0.25) is 4.79 Å². The Balaban J connectivity index is 2.14. The standard InChI is InChI=1S/C13H7ClO3/c14-9-1-3-11-8(5-9)6-13(17-11)12-4-2-10(7-15)16-12/h1-7H. The molecule has 0 aliphatic heterocycles. The van der Waals surface area contributed by atoms with E-state index in [2.05, 4.69) is 0 Å². The third kappa shape index (κ3) is 1.74. The first-order chi connectivity index (χ1) is 8.26. The second-order valence-electron chi connectivity index (χ2n) is 3.61. The fourth-order valence-electron chi connectivity index (χ4n) is 1.68. The quantitative estimate of drug-likeness (QED) is 0.638. The summed E-state index contributed by atoms with van der Waals surface area (Å²) >= 11 is 5.89. The van der Waals surface area contributed by atoms with Crippen LogP contribution in [0.4, 0.5) is 0 Å². The van der Waals surface area contributed by atoms with Gasteiger partial charge in [0.25, 0.3) is 0 Å². The second kappa shape index (κ2) is 3.79. The Hall–Kier alpha value is -2.00. The van der Waals surface area contributed by atoms with E-state index in [0.29, 0.717) is 22.8 Å². The van der Waals surface area contributed by atoms with Crippen LogP contribution in [0, 0.1) is 0 Å².